The Kier molecular flexibility index (Phi) is 8.79. The lowest BCUT2D eigenvalue weighted by Gasteiger charge is -2.33. The molecule has 8 nitrogen and oxygen atoms in total. The van der Waals surface area contributed by atoms with Crippen LogP contribution in [0.2, 0.25) is 0 Å². The Hall–Kier alpha value is -1.84. The number of unbranched alkanes of at least 4 members (excludes halogenated alkanes) is 1. The van der Waals surface area contributed by atoms with Crippen molar-refractivity contribution >= 4 is 15.9 Å². The number of carbonyl (C=O) groups excluding carboxylic acids is 1. The fourth-order valence-corrected chi connectivity index (χ4v) is 5.37. The van der Waals surface area contributed by atoms with Crippen molar-refractivity contribution in [3.63, 3.8) is 0 Å². The maximum Gasteiger partial charge on any atom is 0.241 e. The molecule has 0 saturated carbocycles. The lowest BCUT2D eigenvalue weighted by atomic mass is 10.0. The molecular formula is C23H37N3O5S. The molecule has 1 atom stereocenters. The van der Waals surface area contributed by atoms with Gasteiger partial charge >= 0.3 is 0 Å². The molecule has 0 bridgehead atoms. The summed E-state index contributed by atoms with van der Waals surface area (Å²) in [6, 6.07) is 3.77. The van der Waals surface area contributed by atoms with Gasteiger partial charge in [-0.05, 0) is 43.9 Å². The van der Waals surface area contributed by atoms with Crippen LogP contribution in [0.3, 0.4) is 0 Å². The van der Waals surface area contributed by atoms with Gasteiger partial charge in [0.2, 0.25) is 15.9 Å². The maximum absolute atomic E-state index is 13.1. The van der Waals surface area contributed by atoms with Crippen LogP contribution in [0.1, 0.15) is 52.9 Å². The molecule has 0 radical (unpaired) electrons. The molecule has 1 saturated heterocycles. The smallest absolute Gasteiger partial charge is 0.241 e. The number of piperidine rings is 1. The van der Waals surface area contributed by atoms with Gasteiger partial charge in [-0.15, -0.1) is 0 Å². The van der Waals surface area contributed by atoms with Gasteiger partial charge < -0.3 is 19.7 Å². The molecular weight excluding hydrogens is 430 g/mol. The summed E-state index contributed by atoms with van der Waals surface area (Å²) in [5.41, 5.74) is 0. The van der Waals surface area contributed by atoms with Gasteiger partial charge in [0, 0.05) is 31.6 Å². The molecule has 2 aliphatic heterocycles. The van der Waals surface area contributed by atoms with Crippen LogP contribution in [0.15, 0.2) is 23.1 Å². The fraction of sp³-hybridized carbons (Fsp3) is 0.696. The molecule has 1 unspecified atom stereocenters. The van der Waals surface area contributed by atoms with Gasteiger partial charge in [0.1, 0.15) is 6.04 Å². The molecule has 9 heteroatoms. The summed E-state index contributed by atoms with van der Waals surface area (Å²) in [5.74, 6) is 0.468. The topological polar surface area (TPSA) is 97.0 Å². The van der Waals surface area contributed by atoms with Crippen LogP contribution in [0.25, 0.3) is 0 Å². The van der Waals surface area contributed by atoms with Crippen molar-refractivity contribution in [2.75, 3.05) is 32.8 Å². The first kappa shape index (κ1) is 24.8. The van der Waals surface area contributed by atoms with E-state index in [4.69, 9.17) is 9.47 Å². The summed E-state index contributed by atoms with van der Waals surface area (Å²) < 4.78 is 39.9. The second-order valence-electron chi connectivity index (χ2n) is 8.98. The minimum atomic E-state index is -3.91. The van der Waals surface area contributed by atoms with Gasteiger partial charge in [0.05, 0.1) is 18.1 Å². The van der Waals surface area contributed by atoms with Crippen molar-refractivity contribution in [1.29, 1.82) is 0 Å². The summed E-state index contributed by atoms with van der Waals surface area (Å²) >= 11 is 0. The zero-order chi connectivity index (χ0) is 23.1. The normalized spacial score (nSPS) is 18.9. The number of rotatable bonds is 9. The van der Waals surface area contributed by atoms with Crippen LogP contribution in [0, 0.1) is 5.92 Å². The van der Waals surface area contributed by atoms with Gasteiger partial charge in [-0.1, -0.05) is 27.2 Å². The van der Waals surface area contributed by atoms with Gasteiger partial charge in [-0.3, -0.25) is 4.79 Å². The fourth-order valence-electron chi connectivity index (χ4n) is 4.01. The maximum atomic E-state index is 13.1. The third-order valence-electron chi connectivity index (χ3n) is 6.02. The standard InChI is InChI=1S/C23H37N3O5S/c1-4-5-11-26-12-9-18(10-13-26)24-23(27)22(17(2)3)25-32(28,29)19-7-8-20-21(16-19)31-15-6-14-30-20/h7-8,16-18,22,25H,4-6,9-15H2,1-3H3,(H,24,27). The van der Waals surface area contributed by atoms with Crippen molar-refractivity contribution in [1.82, 2.24) is 14.9 Å². The van der Waals surface area contributed by atoms with Gasteiger partial charge in [-0.2, -0.15) is 4.72 Å². The van der Waals surface area contributed by atoms with Gasteiger partial charge in [-0.25, -0.2) is 8.42 Å². The number of fused-ring (bicyclic) bond motifs is 1. The lowest BCUT2D eigenvalue weighted by Crippen LogP contribution is -2.53. The molecule has 1 fully saturated rings. The van der Waals surface area contributed by atoms with E-state index in [0.29, 0.717) is 24.7 Å². The van der Waals surface area contributed by atoms with E-state index in [-0.39, 0.29) is 22.8 Å². The van der Waals surface area contributed by atoms with Crippen LogP contribution in [-0.4, -0.2) is 64.2 Å². The Balaban J connectivity index is 1.63. The first-order valence-electron chi connectivity index (χ1n) is 11.7. The number of carbonyl (C=O) groups is 1. The summed E-state index contributed by atoms with van der Waals surface area (Å²) in [4.78, 5) is 15.5. The highest BCUT2D eigenvalue weighted by atomic mass is 32.2. The van der Waals surface area contributed by atoms with Crippen molar-refractivity contribution in [2.45, 2.75) is 69.9 Å². The Morgan fingerprint density at radius 2 is 1.84 bits per heavy atom. The molecule has 2 N–H and O–H groups in total. The molecule has 0 aliphatic carbocycles. The Morgan fingerprint density at radius 3 is 2.50 bits per heavy atom. The third kappa shape index (κ3) is 6.59. The molecule has 2 aliphatic rings. The molecule has 3 rings (SSSR count). The molecule has 180 valence electrons. The number of nitrogens with zero attached hydrogens (tertiary/aromatic N) is 1. The minimum absolute atomic E-state index is 0.0597. The average molecular weight is 468 g/mol. The van der Waals surface area contributed by atoms with Crippen LogP contribution < -0.4 is 19.5 Å². The molecule has 2 heterocycles. The van der Waals surface area contributed by atoms with Crippen molar-refractivity contribution in [3.05, 3.63) is 18.2 Å². The number of sulfonamides is 1. The number of nitrogens with one attached hydrogen (secondary N) is 2. The third-order valence-corrected chi connectivity index (χ3v) is 7.46. The first-order valence-corrected chi connectivity index (χ1v) is 13.2. The molecule has 32 heavy (non-hydrogen) atoms. The monoisotopic (exact) mass is 467 g/mol. The van der Waals surface area contributed by atoms with Crippen molar-refractivity contribution in [2.24, 2.45) is 5.92 Å². The zero-order valence-electron chi connectivity index (χ0n) is 19.4. The van der Waals surface area contributed by atoms with Crippen LogP contribution in [0.5, 0.6) is 11.5 Å². The van der Waals surface area contributed by atoms with E-state index in [2.05, 4.69) is 21.9 Å². The second kappa shape index (κ2) is 11.3. The van der Waals surface area contributed by atoms with Crippen LogP contribution in [-0.2, 0) is 14.8 Å². The Morgan fingerprint density at radius 1 is 1.16 bits per heavy atom. The van der Waals surface area contributed by atoms with Gasteiger partial charge in [0.25, 0.3) is 0 Å². The highest BCUT2D eigenvalue weighted by Gasteiger charge is 2.31. The molecule has 1 aromatic carbocycles. The summed E-state index contributed by atoms with van der Waals surface area (Å²) in [7, 11) is -3.91. The van der Waals surface area contributed by atoms with Gasteiger partial charge in [0.15, 0.2) is 11.5 Å². The van der Waals surface area contributed by atoms with E-state index in [9.17, 15) is 13.2 Å². The van der Waals surface area contributed by atoms with E-state index in [1.807, 2.05) is 13.8 Å². The molecule has 0 spiro atoms. The quantitative estimate of drug-likeness (QED) is 0.579. The number of ether oxygens (including phenoxy) is 2. The predicted octanol–water partition coefficient (Wildman–Crippen LogP) is 2.53. The van der Waals surface area contributed by atoms with Crippen LogP contribution in [0.4, 0.5) is 0 Å². The number of benzene rings is 1. The van der Waals surface area contributed by atoms with E-state index < -0.39 is 16.1 Å². The summed E-state index contributed by atoms with van der Waals surface area (Å²) in [6.45, 7) is 9.89. The summed E-state index contributed by atoms with van der Waals surface area (Å²) in [5, 5.41) is 3.07. The first-order chi connectivity index (χ1) is 15.3. The second-order valence-corrected chi connectivity index (χ2v) is 10.7. The number of amides is 1. The van der Waals surface area contributed by atoms with E-state index in [0.717, 1.165) is 38.9 Å². The largest absolute Gasteiger partial charge is 0.490 e. The number of likely N-dealkylation sites (tertiary alicyclic amines) is 1. The SMILES string of the molecule is CCCCN1CCC(NC(=O)C(NS(=O)(=O)c2ccc3c(c2)OCCCO3)C(C)C)CC1. The number of hydrogen-bond donors (Lipinski definition) is 2. The highest BCUT2D eigenvalue weighted by molar-refractivity contribution is 7.89. The minimum Gasteiger partial charge on any atom is -0.490 e. The molecule has 0 aromatic heterocycles. The number of hydrogen-bond acceptors (Lipinski definition) is 6. The highest BCUT2D eigenvalue weighted by Crippen LogP contribution is 2.32. The Labute approximate surface area is 192 Å². The summed E-state index contributed by atoms with van der Waals surface area (Å²) in [6.07, 6.45) is 4.87. The van der Waals surface area contributed by atoms with E-state index >= 15 is 0 Å². The molecule has 1 amide bonds. The molecule has 1 aromatic rings. The van der Waals surface area contributed by atoms with Crippen molar-refractivity contribution in [3.8, 4) is 11.5 Å². The predicted molar refractivity (Wildman–Crippen MR) is 124 cm³/mol. The zero-order valence-corrected chi connectivity index (χ0v) is 20.2. The van der Waals surface area contributed by atoms with Crippen molar-refractivity contribution < 1.29 is 22.7 Å². The van der Waals surface area contributed by atoms with E-state index in [1.54, 1.807) is 6.07 Å². The van der Waals surface area contributed by atoms with E-state index in [1.165, 1.54) is 25.0 Å². The van der Waals surface area contributed by atoms with Crippen LogP contribution >= 0.6 is 0 Å². The Bertz CT molecular complexity index is 866. The lowest BCUT2D eigenvalue weighted by molar-refractivity contribution is -0.124. The average Bonchev–Trinajstić information content (AvgIpc) is 3.01.